The summed E-state index contributed by atoms with van der Waals surface area (Å²) in [6.45, 7) is 4.91. The van der Waals surface area contributed by atoms with Crippen molar-refractivity contribution in [2.75, 3.05) is 6.54 Å². The van der Waals surface area contributed by atoms with E-state index in [1.807, 2.05) is 19.9 Å². The zero-order valence-electron chi connectivity index (χ0n) is 9.51. The lowest BCUT2D eigenvalue weighted by atomic mass is 10.1. The van der Waals surface area contributed by atoms with Crippen molar-refractivity contribution in [3.05, 3.63) is 46.0 Å². The van der Waals surface area contributed by atoms with Gasteiger partial charge in [-0.15, -0.1) is 0 Å². The molecule has 1 unspecified atom stereocenters. The van der Waals surface area contributed by atoms with Gasteiger partial charge in [0, 0.05) is 12.1 Å². The minimum atomic E-state index is -0.364. The normalized spacial score (nSPS) is 12.9. The predicted octanol–water partition coefficient (Wildman–Crippen LogP) is 2.61. The van der Waals surface area contributed by atoms with E-state index < -0.39 is 0 Å². The molecule has 1 aromatic rings. The number of likely N-dealkylation sites (N-methyl/N-ethyl adjacent to an activating group) is 1. The highest BCUT2D eigenvalue weighted by Gasteiger charge is 2.09. The van der Waals surface area contributed by atoms with E-state index in [-0.39, 0.29) is 16.7 Å². The fraction of sp³-hybridized carbons (Fsp3) is 0.333. The number of para-hydroxylation sites is 1. The molecule has 1 N–H and O–H groups in total. The third-order valence-electron chi connectivity index (χ3n) is 2.22. The third kappa shape index (κ3) is 3.47. The Morgan fingerprint density at radius 1 is 1.50 bits per heavy atom. The van der Waals surface area contributed by atoms with E-state index >= 15 is 0 Å². The van der Waals surface area contributed by atoms with Crippen molar-refractivity contribution in [2.45, 2.75) is 19.9 Å². The highest BCUT2D eigenvalue weighted by atomic mass is 16.6. The fourth-order valence-corrected chi connectivity index (χ4v) is 1.43. The van der Waals surface area contributed by atoms with E-state index in [0.29, 0.717) is 5.56 Å². The highest BCUT2D eigenvalue weighted by Crippen LogP contribution is 2.18. The van der Waals surface area contributed by atoms with Gasteiger partial charge in [0.2, 0.25) is 0 Å². The molecule has 0 aliphatic carbocycles. The van der Waals surface area contributed by atoms with E-state index in [1.54, 1.807) is 24.3 Å². The van der Waals surface area contributed by atoms with Crippen LogP contribution in [0.2, 0.25) is 0 Å². The monoisotopic (exact) mass is 220 g/mol. The van der Waals surface area contributed by atoms with Crippen molar-refractivity contribution in [1.29, 1.82) is 0 Å². The van der Waals surface area contributed by atoms with E-state index in [9.17, 15) is 10.1 Å². The number of nitro benzene ring substituents is 1. The van der Waals surface area contributed by atoms with Crippen LogP contribution >= 0.6 is 0 Å². The van der Waals surface area contributed by atoms with Gasteiger partial charge in [-0.1, -0.05) is 31.2 Å². The standard InChI is InChI=1S/C12H16N2O2/c1-3-13-10(2)8-9-11-6-4-5-7-12(11)14(15)16/h4-10,13H,3H2,1-2H3/b9-8+. The molecule has 0 aliphatic heterocycles. The quantitative estimate of drug-likeness (QED) is 0.613. The first-order valence-corrected chi connectivity index (χ1v) is 5.30. The van der Waals surface area contributed by atoms with Crippen LogP contribution in [0.3, 0.4) is 0 Å². The lowest BCUT2D eigenvalue weighted by Gasteiger charge is -2.05. The molecule has 86 valence electrons. The number of hydrogen-bond acceptors (Lipinski definition) is 3. The molecule has 0 spiro atoms. The molecule has 1 atom stereocenters. The number of nitrogens with one attached hydrogen (secondary N) is 1. The van der Waals surface area contributed by atoms with Gasteiger partial charge in [-0.2, -0.15) is 0 Å². The van der Waals surface area contributed by atoms with Crippen LogP contribution in [0.25, 0.3) is 6.08 Å². The molecule has 0 fully saturated rings. The lowest BCUT2D eigenvalue weighted by molar-refractivity contribution is -0.385. The van der Waals surface area contributed by atoms with Crippen LogP contribution in [-0.4, -0.2) is 17.5 Å². The number of nitro groups is 1. The minimum absolute atomic E-state index is 0.141. The maximum Gasteiger partial charge on any atom is 0.276 e. The Balaban J connectivity index is 2.84. The summed E-state index contributed by atoms with van der Waals surface area (Å²) in [5.41, 5.74) is 0.778. The zero-order chi connectivity index (χ0) is 12.0. The summed E-state index contributed by atoms with van der Waals surface area (Å²) in [5, 5.41) is 14.0. The summed E-state index contributed by atoms with van der Waals surface area (Å²) in [4.78, 5) is 10.4. The summed E-state index contributed by atoms with van der Waals surface area (Å²) >= 11 is 0. The first-order valence-electron chi connectivity index (χ1n) is 5.30. The van der Waals surface area contributed by atoms with Crippen molar-refractivity contribution >= 4 is 11.8 Å². The molecular weight excluding hydrogens is 204 g/mol. The summed E-state index contributed by atoms with van der Waals surface area (Å²) in [7, 11) is 0. The number of nitrogens with zero attached hydrogens (tertiary/aromatic N) is 1. The van der Waals surface area contributed by atoms with Crippen molar-refractivity contribution in [1.82, 2.24) is 5.32 Å². The summed E-state index contributed by atoms with van der Waals surface area (Å²) in [6.07, 6.45) is 3.71. The molecule has 0 radical (unpaired) electrons. The van der Waals surface area contributed by atoms with Crippen LogP contribution in [-0.2, 0) is 0 Å². The molecule has 16 heavy (non-hydrogen) atoms. The highest BCUT2D eigenvalue weighted by molar-refractivity contribution is 5.60. The Kier molecular flexibility index (Phi) is 4.66. The molecule has 0 saturated carbocycles. The van der Waals surface area contributed by atoms with Crippen LogP contribution in [0.1, 0.15) is 19.4 Å². The maximum absolute atomic E-state index is 10.7. The average Bonchev–Trinajstić information content (AvgIpc) is 2.27. The number of benzene rings is 1. The van der Waals surface area contributed by atoms with Crippen molar-refractivity contribution in [2.24, 2.45) is 0 Å². The molecular formula is C12H16N2O2. The first kappa shape index (κ1) is 12.4. The maximum atomic E-state index is 10.7. The molecule has 0 bridgehead atoms. The van der Waals surface area contributed by atoms with Gasteiger partial charge in [0.1, 0.15) is 0 Å². The van der Waals surface area contributed by atoms with E-state index in [1.165, 1.54) is 6.07 Å². The molecule has 0 aliphatic rings. The smallest absolute Gasteiger partial charge is 0.276 e. The zero-order valence-corrected chi connectivity index (χ0v) is 9.51. The second kappa shape index (κ2) is 6.02. The summed E-state index contributed by atoms with van der Waals surface area (Å²) in [6, 6.07) is 6.93. The van der Waals surface area contributed by atoms with Gasteiger partial charge in [-0.3, -0.25) is 10.1 Å². The summed E-state index contributed by atoms with van der Waals surface area (Å²) < 4.78 is 0. The molecule has 0 saturated heterocycles. The van der Waals surface area contributed by atoms with Crippen LogP contribution in [0.4, 0.5) is 5.69 Å². The fourth-order valence-electron chi connectivity index (χ4n) is 1.43. The molecule has 0 heterocycles. The van der Waals surface area contributed by atoms with Crippen LogP contribution in [0.15, 0.2) is 30.3 Å². The topological polar surface area (TPSA) is 55.2 Å². The second-order valence-corrected chi connectivity index (χ2v) is 3.52. The van der Waals surface area contributed by atoms with Crippen molar-refractivity contribution < 1.29 is 4.92 Å². The number of rotatable bonds is 5. The van der Waals surface area contributed by atoms with E-state index in [4.69, 9.17) is 0 Å². The molecule has 1 rings (SSSR count). The van der Waals surface area contributed by atoms with Gasteiger partial charge in [-0.05, 0) is 19.5 Å². The predicted molar refractivity (Wildman–Crippen MR) is 65.3 cm³/mol. The van der Waals surface area contributed by atoms with Crippen LogP contribution in [0, 0.1) is 10.1 Å². The van der Waals surface area contributed by atoms with Crippen LogP contribution < -0.4 is 5.32 Å². The Bertz CT molecular complexity index is 388. The van der Waals surface area contributed by atoms with Gasteiger partial charge in [0.15, 0.2) is 0 Å². The van der Waals surface area contributed by atoms with Gasteiger partial charge in [-0.25, -0.2) is 0 Å². The van der Waals surface area contributed by atoms with Crippen LogP contribution in [0.5, 0.6) is 0 Å². The minimum Gasteiger partial charge on any atom is -0.311 e. The van der Waals surface area contributed by atoms with Crippen molar-refractivity contribution in [3.8, 4) is 0 Å². The van der Waals surface area contributed by atoms with Gasteiger partial charge >= 0.3 is 0 Å². The second-order valence-electron chi connectivity index (χ2n) is 3.52. The molecule has 4 nitrogen and oxygen atoms in total. The Hall–Kier alpha value is -1.68. The molecule has 0 amide bonds. The van der Waals surface area contributed by atoms with Gasteiger partial charge in [0.05, 0.1) is 10.5 Å². The molecule has 0 aromatic heterocycles. The SMILES string of the molecule is CCNC(C)/C=C/c1ccccc1[N+](=O)[O-]. The Morgan fingerprint density at radius 3 is 2.81 bits per heavy atom. The number of hydrogen-bond donors (Lipinski definition) is 1. The Labute approximate surface area is 95.1 Å². The Morgan fingerprint density at radius 2 is 2.19 bits per heavy atom. The molecule has 4 heteroatoms. The van der Waals surface area contributed by atoms with E-state index in [0.717, 1.165) is 6.54 Å². The van der Waals surface area contributed by atoms with E-state index in [2.05, 4.69) is 5.32 Å². The first-order chi connectivity index (χ1) is 7.65. The lowest BCUT2D eigenvalue weighted by Crippen LogP contribution is -2.22. The largest absolute Gasteiger partial charge is 0.311 e. The summed E-state index contributed by atoms with van der Waals surface area (Å²) in [5.74, 6) is 0. The van der Waals surface area contributed by atoms with Gasteiger partial charge in [0.25, 0.3) is 5.69 Å². The van der Waals surface area contributed by atoms with Crippen molar-refractivity contribution in [3.63, 3.8) is 0 Å². The van der Waals surface area contributed by atoms with Gasteiger partial charge < -0.3 is 5.32 Å². The third-order valence-corrected chi connectivity index (χ3v) is 2.22. The average molecular weight is 220 g/mol. The molecule has 1 aromatic carbocycles.